The summed E-state index contributed by atoms with van der Waals surface area (Å²) in [6.07, 6.45) is 1.42. The summed E-state index contributed by atoms with van der Waals surface area (Å²) >= 11 is 7.19. The molecule has 1 aromatic carbocycles. The monoisotopic (exact) mass is 253 g/mol. The van der Waals surface area contributed by atoms with Crippen molar-refractivity contribution in [1.82, 2.24) is 15.2 Å². The smallest absolute Gasteiger partial charge is 0.188 e. The predicted octanol–water partition coefficient (Wildman–Crippen LogP) is 1.89. The zero-order valence-electron chi connectivity index (χ0n) is 8.07. The second kappa shape index (κ2) is 4.54. The third-order valence-electron chi connectivity index (χ3n) is 1.83. The third-order valence-corrected chi connectivity index (χ3v) is 3.03. The van der Waals surface area contributed by atoms with E-state index >= 15 is 0 Å². The summed E-state index contributed by atoms with van der Waals surface area (Å²) in [4.78, 5) is 4.80. The molecule has 82 valence electrons. The number of hydrogen-bond acceptors (Lipinski definition) is 4. The SMILES string of the molecule is N=C(N)c1cc(Cl)ccc1Sc1ncn[nH]1. The van der Waals surface area contributed by atoms with E-state index in [0.717, 1.165) is 4.90 Å². The van der Waals surface area contributed by atoms with Crippen molar-refractivity contribution >= 4 is 29.2 Å². The van der Waals surface area contributed by atoms with Crippen molar-refractivity contribution in [3.63, 3.8) is 0 Å². The molecule has 0 spiro atoms. The van der Waals surface area contributed by atoms with Gasteiger partial charge in [-0.2, -0.15) is 5.10 Å². The summed E-state index contributed by atoms with van der Waals surface area (Å²) in [6.45, 7) is 0. The summed E-state index contributed by atoms with van der Waals surface area (Å²) in [5.74, 6) is -0.0236. The van der Waals surface area contributed by atoms with E-state index in [0.29, 0.717) is 15.7 Å². The predicted molar refractivity (Wildman–Crippen MR) is 63.0 cm³/mol. The summed E-state index contributed by atoms with van der Waals surface area (Å²) in [5.41, 5.74) is 6.07. The number of benzene rings is 1. The molecule has 7 heteroatoms. The molecule has 0 saturated heterocycles. The molecule has 0 bridgehead atoms. The summed E-state index contributed by atoms with van der Waals surface area (Å²) < 4.78 is 0. The fourth-order valence-electron chi connectivity index (χ4n) is 1.15. The zero-order valence-corrected chi connectivity index (χ0v) is 9.64. The quantitative estimate of drug-likeness (QED) is 0.575. The maximum Gasteiger partial charge on any atom is 0.188 e. The number of aromatic nitrogens is 3. The molecule has 0 aliphatic rings. The van der Waals surface area contributed by atoms with Crippen LogP contribution in [0.1, 0.15) is 5.56 Å². The molecule has 2 rings (SSSR count). The molecule has 0 fully saturated rings. The molecular weight excluding hydrogens is 246 g/mol. The fraction of sp³-hybridized carbons (Fsp3) is 0. The Bertz CT molecular complexity index is 511. The number of nitrogens with one attached hydrogen (secondary N) is 2. The van der Waals surface area contributed by atoms with Crippen LogP contribution in [0.25, 0.3) is 0 Å². The molecule has 2 aromatic rings. The van der Waals surface area contributed by atoms with Crippen LogP contribution in [0, 0.1) is 5.41 Å². The van der Waals surface area contributed by atoms with E-state index in [1.807, 2.05) is 0 Å². The summed E-state index contributed by atoms with van der Waals surface area (Å²) in [7, 11) is 0. The van der Waals surface area contributed by atoms with Crippen molar-refractivity contribution in [1.29, 1.82) is 5.41 Å². The summed E-state index contributed by atoms with van der Waals surface area (Å²) in [6, 6.07) is 5.20. The van der Waals surface area contributed by atoms with E-state index in [2.05, 4.69) is 15.2 Å². The number of nitrogens with zero attached hydrogens (tertiary/aromatic N) is 2. The zero-order chi connectivity index (χ0) is 11.5. The molecule has 0 atom stereocenters. The lowest BCUT2D eigenvalue weighted by atomic mass is 10.2. The van der Waals surface area contributed by atoms with Gasteiger partial charge in [-0.3, -0.25) is 10.5 Å². The molecule has 5 nitrogen and oxygen atoms in total. The highest BCUT2D eigenvalue weighted by molar-refractivity contribution is 7.99. The lowest BCUT2D eigenvalue weighted by Crippen LogP contribution is -2.12. The Labute approximate surface area is 101 Å². The van der Waals surface area contributed by atoms with Gasteiger partial charge in [-0.1, -0.05) is 11.6 Å². The van der Waals surface area contributed by atoms with Crippen molar-refractivity contribution in [2.75, 3.05) is 0 Å². The van der Waals surface area contributed by atoms with E-state index in [1.54, 1.807) is 18.2 Å². The van der Waals surface area contributed by atoms with Gasteiger partial charge in [0.25, 0.3) is 0 Å². The van der Waals surface area contributed by atoms with Crippen LogP contribution in [0.3, 0.4) is 0 Å². The maximum absolute atomic E-state index is 7.46. The third kappa shape index (κ3) is 2.34. The molecule has 0 amide bonds. The second-order valence-corrected chi connectivity index (χ2v) is 4.41. The first kappa shape index (κ1) is 11.0. The molecule has 0 aliphatic carbocycles. The lowest BCUT2D eigenvalue weighted by molar-refractivity contribution is 0.973. The molecule has 1 aromatic heterocycles. The van der Waals surface area contributed by atoms with E-state index in [-0.39, 0.29) is 5.84 Å². The summed E-state index contributed by atoms with van der Waals surface area (Å²) in [5, 5.41) is 15.1. The second-order valence-electron chi connectivity index (χ2n) is 2.95. The first-order valence-electron chi connectivity index (χ1n) is 4.34. The maximum atomic E-state index is 7.46. The number of nitrogens with two attached hydrogens (primary N) is 1. The number of halogens is 1. The van der Waals surface area contributed by atoms with Gasteiger partial charge in [-0.15, -0.1) is 0 Å². The van der Waals surface area contributed by atoms with E-state index in [4.69, 9.17) is 22.7 Å². The first-order valence-corrected chi connectivity index (χ1v) is 5.53. The Morgan fingerprint density at radius 1 is 1.50 bits per heavy atom. The minimum Gasteiger partial charge on any atom is -0.384 e. The number of nitrogen functional groups attached to an aromatic ring is 1. The van der Waals surface area contributed by atoms with Gasteiger partial charge in [0.15, 0.2) is 5.16 Å². The molecule has 0 aliphatic heterocycles. The molecule has 0 radical (unpaired) electrons. The van der Waals surface area contributed by atoms with Gasteiger partial charge in [0, 0.05) is 15.5 Å². The lowest BCUT2D eigenvalue weighted by Gasteiger charge is -2.06. The van der Waals surface area contributed by atoms with Gasteiger partial charge in [0.05, 0.1) is 0 Å². The van der Waals surface area contributed by atoms with E-state index in [1.165, 1.54) is 18.1 Å². The van der Waals surface area contributed by atoms with Crippen LogP contribution in [0.15, 0.2) is 34.6 Å². The van der Waals surface area contributed by atoms with Gasteiger partial charge in [-0.05, 0) is 30.0 Å². The standard InChI is InChI=1S/C9H8ClN5S/c10-5-1-2-7(6(3-5)8(11)12)16-9-13-4-14-15-9/h1-4H,(H3,11,12)(H,13,14,15). The normalized spacial score (nSPS) is 10.3. The first-order chi connectivity index (χ1) is 7.66. The van der Waals surface area contributed by atoms with Gasteiger partial charge >= 0.3 is 0 Å². The van der Waals surface area contributed by atoms with Crippen molar-refractivity contribution in [2.24, 2.45) is 5.73 Å². The number of rotatable bonds is 3. The van der Waals surface area contributed by atoms with Crippen LogP contribution in [-0.4, -0.2) is 21.0 Å². The Balaban J connectivity index is 2.36. The Hall–Kier alpha value is -1.53. The molecule has 1 heterocycles. The Kier molecular flexibility index (Phi) is 3.12. The highest BCUT2D eigenvalue weighted by Gasteiger charge is 2.09. The van der Waals surface area contributed by atoms with E-state index in [9.17, 15) is 0 Å². The highest BCUT2D eigenvalue weighted by Crippen LogP contribution is 2.29. The van der Waals surface area contributed by atoms with Crippen LogP contribution in [0.4, 0.5) is 0 Å². The highest BCUT2D eigenvalue weighted by atomic mass is 35.5. The average molecular weight is 254 g/mol. The minimum absolute atomic E-state index is 0.0236. The van der Waals surface area contributed by atoms with Crippen LogP contribution >= 0.6 is 23.4 Å². The van der Waals surface area contributed by atoms with Crippen LogP contribution in [-0.2, 0) is 0 Å². The van der Waals surface area contributed by atoms with E-state index < -0.39 is 0 Å². The van der Waals surface area contributed by atoms with Crippen molar-refractivity contribution in [2.45, 2.75) is 10.1 Å². The molecule has 0 saturated carbocycles. The Morgan fingerprint density at radius 2 is 2.31 bits per heavy atom. The number of amidine groups is 1. The molecule has 0 unspecified atom stereocenters. The number of hydrogen-bond donors (Lipinski definition) is 3. The fourth-order valence-corrected chi connectivity index (χ4v) is 2.14. The topological polar surface area (TPSA) is 91.4 Å². The van der Waals surface area contributed by atoms with Crippen LogP contribution in [0.5, 0.6) is 0 Å². The van der Waals surface area contributed by atoms with Gasteiger partial charge < -0.3 is 5.73 Å². The van der Waals surface area contributed by atoms with Gasteiger partial charge in [0.2, 0.25) is 0 Å². The van der Waals surface area contributed by atoms with Crippen LogP contribution in [0.2, 0.25) is 5.02 Å². The van der Waals surface area contributed by atoms with Crippen molar-refractivity contribution < 1.29 is 0 Å². The largest absolute Gasteiger partial charge is 0.384 e. The minimum atomic E-state index is -0.0236. The number of H-pyrrole nitrogens is 1. The number of aromatic amines is 1. The van der Waals surface area contributed by atoms with Crippen LogP contribution < -0.4 is 5.73 Å². The molecule has 4 N–H and O–H groups in total. The van der Waals surface area contributed by atoms with Gasteiger partial charge in [0.1, 0.15) is 12.2 Å². The molecule has 16 heavy (non-hydrogen) atoms. The van der Waals surface area contributed by atoms with Crippen molar-refractivity contribution in [3.8, 4) is 0 Å². The van der Waals surface area contributed by atoms with Gasteiger partial charge in [-0.25, -0.2) is 4.98 Å². The Morgan fingerprint density at radius 3 is 2.94 bits per heavy atom. The van der Waals surface area contributed by atoms with Crippen molar-refractivity contribution in [3.05, 3.63) is 35.1 Å². The molecular formula is C9H8ClN5S. The average Bonchev–Trinajstić information content (AvgIpc) is 2.73.